The van der Waals surface area contributed by atoms with E-state index in [0.29, 0.717) is 17.5 Å². The van der Waals surface area contributed by atoms with E-state index in [1.165, 1.54) is 33.2 Å². The summed E-state index contributed by atoms with van der Waals surface area (Å²) in [6.45, 7) is 0. The molecule has 9 aromatic rings. The highest BCUT2D eigenvalue weighted by Crippen LogP contribution is 2.46. The van der Waals surface area contributed by atoms with Gasteiger partial charge in [-0.25, -0.2) is 15.0 Å². The smallest absolute Gasteiger partial charge is 0.167 e. The second-order valence-electron chi connectivity index (χ2n) is 13.8. The number of para-hydroxylation sites is 2. The van der Waals surface area contributed by atoms with E-state index in [1.807, 2.05) is 36.4 Å². The molecule has 5 nitrogen and oxygen atoms in total. The lowest BCUT2D eigenvalue weighted by Gasteiger charge is -2.28. The van der Waals surface area contributed by atoms with Crippen molar-refractivity contribution in [1.82, 2.24) is 15.0 Å². The molecule has 1 atom stereocenters. The minimum Gasteiger partial charge on any atom is -0.456 e. The minimum atomic E-state index is 0.188. The lowest BCUT2D eigenvalue weighted by atomic mass is 9.75. The van der Waals surface area contributed by atoms with Crippen molar-refractivity contribution in [2.24, 2.45) is 0 Å². The van der Waals surface area contributed by atoms with Crippen LogP contribution < -0.4 is 0 Å². The summed E-state index contributed by atoms with van der Waals surface area (Å²) in [6, 6.07) is 44.8. The number of aromatic nitrogens is 3. The second kappa shape index (κ2) is 11.5. The van der Waals surface area contributed by atoms with Gasteiger partial charge in [-0.1, -0.05) is 109 Å². The van der Waals surface area contributed by atoms with Crippen LogP contribution in [0.4, 0.5) is 0 Å². The summed E-state index contributed by atoms with van der Waals surface area (Å²) in [5.41, 5.74) is 12.8. The van der Waals surface area contributed by atoms with E-state index in [1.54, 1.807) is 0 Å². The zero-order valence-electron chi connectivity index (χ0n) is 28.2. The fourth-order valence-electron chi connectivity index (χ4n) is 8.24. The van der Waals surface area contributed by atoms with Gasteiger partial charge in [0.15, 0.2) is 17.5 Å². The largest absolute Gasteiger partial charge is 0.456 e. The predicted molar refractivity (Wildman–Crippen MR) is 209 cm³/mol. The van der Waals surface area contributed by atoms with Crippen molar-refractivity contribution in [1.29, 1.82) is 0 Å². The maximum absolute atomic E-state index is 6.68. The number of rotatable bonds is 4. The van der Waals surface area contributed by atoms with Crippen molar-refractivity contribution in [3.63, 3.8) is 0 Å². The van der Waals surface area contributed by atoms with Gasteiger partial charge in [-0.2, -0.15) is 0 Å². The maximum Gasteiger partial charge on any atom is 0.167 e. The van der Waals surface area contributed by atoms with Crippen LogP contribution in [0, 0.1) is 0 Å². The van der Waals surface area contributed by atoms with Crippen LogP contribution in [0.1, 0.15) is 41.3 Å². The number of hydrogen-bond donors (Lipinski definition) is 0. The van der Waals surface area contributed by atoms with Gasteiger partial charge in [0.05, 0.1) is 5.56 Å². The monoisotopic (exact) mass is 669 g/mol. The standard InChI is InChI=1S/C47H31N3O2/c1-3-12-28(13-4-1)45-48-46(29-14-5-2-6-15-29)50-47(49-45)36-20-11-19-35-40-24-30(22-23-42(40)52-44(35)36)37-25-31-26-39-34-18-9-10-21-41(34)51-43(39)27-38(31)33-17-8-7-16-32(33)37/h1,3-5,7-24,26-27,37H,2,6,25H2. The summed E-state index contributed by atoms with van der Waals surface area (Å²) in [5, 5.41) is 4.46. The van der Waals surface area contributed by atoms with Crippen LogP contribution in [0.15, 0.2) is 154 Å². The van der Waals surface area contributed by atoms with Gasteiger partial charge in [-0.15, -0.1) is 0 Å². The van der Waals surface area contributed by atoms with Crippen molar-refractivity contribution >= 4 is 49.5 Å². The van der Waals surface area contributed by atoms with Crippen LogP contribution in [0.25, 0.3) is 83.4 Å². The average Bonchev–Trinajstić information content (AvgIpc) is 3.78. The topological polar surface area (TPSA) is 65.0 Å². The molecule has 3 aromatic heterocycles. The molecule has 5 heteroatoms. The normalized spacial score (nSPS) is 15.3. The van der Waals surface area contributed by atoms with Crippen LogP contribution in [0.2, 0.25) is 0 Å². The molecular weight excluding hydrogens is 639 g/mol. The van der Waals surface area contributed by atoms with Crippen molar-refractivity contribution in [2.45, 2.75) is 25.2 Å². The second-order valence-corrected chi connectivity index (χ2v) is 13.8. The van der Waals surface area contributed by atoms with E-state index in [9.17, 15) is 0 Å². The quantitative estimate of drug-likeness (QED) is 0.187. The molecule has 2 aliphatic carbocycles. The summed E-state index contributed by atoms with van der Waals surface area (Å²) in [7, 11) is 0. The Bertz CT molecular complexity index is 2950. The molecule has 11 rings (SSSR count). The number of hydrogen-bond acceptors (Lipinski definition) is 5. The van der Waals surface area contributed by atoms with Gasteiger partial charge in [-0.05, 0) is 83.5 Å². The van der Waals surface area contributed by atoms with Gasteiger partial charge < -0.3 is 8.83 Å². The number of nitrogens with zero attached hydrogens (tertiary/aromatic N) is 3. The first-order valence-electron chi connectivity index (χ1n) is 17.9. The van der Waals surface area contributed by atoms with E-state index >= 15 is 0 Å². The Hall–Kier alpha value is -6.59. The summed E-state index contributed by atoms with van der Waals surface area (Å²) < 4.78 is 13.0. The van der Waals surface area contributed by atoms with Crippen LogP contribution in [-0.2, 0) is 6.42 Å². The summed E-state index contributed by atoms with van der Waals surface area (Å²) in [6.07, 6.45) is 9.40. The fourth-order valence-corrected chi connectivity index (χ4v) is 8.24. The zero-order valence-corrected chi connectivity index (χ0v) is 28.2. The molecule has 1 unspecified atom stereocenters. The number of fused-ring (bicyclic) bond motifs is 9. The van der Waals surface area contributed by atoms with E-state index in [4.69, 9.17) is 23.8 Å². The molecule has 6 aromatic carbocycles. The first kappa shape index (κ1) is 29.2. The van der Waals surface area contributed by atoms with E-state index < -0.39 is 0 Å². The molecule has 52 heavy (non-hydrogen) atoms. The molecule has 0 spiro atoms. The zero-order chi connectivity index (χ0) is 34.2. The molecule has 0 N–H and O–H groups in total. The van der Waals surface area contributed by atoms with Crippen LogP contribution >= 0.6 is 0 Å². The molecular formula is C47H31N3O2. The molecule has 0 fully saturated rings. The SMILES string of the molecule is C1=CC(c2nc(-c3ccccc3)nc(-c3cccc4c3oc3ccc(C5Cc6cc7c(cc6-c6ccccc65)oc5ccccc57)cc34)n2)=CCC1. The third-order valence-corrected chi connectivity index (χ3v) is 10.7. The van der Waals surface area contributed by atoms with Crippen LogP contribution in [0.3, 0.4) is 0 Å². The Morgan fingerprint density at radius 3 is 2.21 bits per heavy atom. The third kappa shape index (κ3) is 4.59. The van der Waals surface area contributed by atoms with Gasteiger partial charge in [-0.3, -0.25) is 0 Å². The minimum absolute atomic E-state index is 0.188. The number of benzene rings is 6. The summed E-state index contributed by atoms with van der Waals surface area (Å²) in [4.78, 5) is 15.0. The molecule has 2 aliphatic rings. The first-order chi connectivity index (χ1) is 25.7. The summed E-state index contributed by atoms with van der Waals surface area (Å²) in [5.74, 6) is 2.11. The average molecular weight is 670 g/mol. The van der Waals surface area contributed by atoms with E-state index in [-0.39, 0.29) is 5.92 Å². The number of allylic oxidation sites excluding steroid dienone is 4. The molecule has 0 saturated carbocycles. The third-order valence-electron chi connectivity index (χ3n) is 10.7. The molecule has 3 heterocycles. The molecule has 0 radical (unpaired) electrons. The van der Waals surface area contributed by atoms with Crippen LogP contribution in [-0.4, -0.2) is 15.0 Å². The Morgan fingerprint density at radius 2 is 1.29 bits per heavy atom. The molecule has 0 amide bonds. The Balaban J connectivity index is 1.05. The van der Waals surface area contributed by atoms with Crippen molar-refractivity contribution < 1.29 is 8.83 Å². The van der Waals surface area contributed by atoms with Crippen molar-refractivity contribution in [3.05, 3.63) is 168 Å². The highest BCUT2D eigenvalue weighted by atomic mass is 16.3. The number of furan rings is 2. The maximum atomic E-state index is 6.68. The van der Waals surface area contributed by atoms with Gasteiger partial charge in [0.25, 0.3) is 0 Å². The molecule has 246 valence electrons. The Morgan fingerprint density at radius 1 is 0.519 bits per heavy atom. The van der Waals surface area contributed by atoms with Crippen molar-refractivity contribution in [3.8, 4) is 33.9 Å². The van der Waals surface area contributed by atoms with Crippen molar-refractivity contribution in [2.75, 3.05) is 0 Å². The lowest BCUT2D eigenvalue weighted by molar-refractivity contribution is 0.667. The fraction of sp³-hybridized carbons (Fsp3) is 0.0851. The lowest BCUT2D eigenvalue weighted by Crippen LogP contribution is -2.12. The highest BCUT2D eigenvalue weighted by Gasteiger charge is 2.28. The Labute approximate surface area is 299 Å². The Kier molecular flexibility index (Phi) is 6.44. The van der Waals surface area contributed by atoms with Crippen LogP contribution in [0.5, 0.6) is 0 Å². The predicted octanol–water partition coefficient (Wildman–Crippen LogP) is 12.1. The molecule has 0 bridgehead atoms. The molecule has 0 saturated heterocycles. The van der Waals surface area contributed by atoms with Gasteiger partial charge in [0.1, 0.15) is 22.3 Å². The summed E-state index contributed by atoms with van der Waals surface area (Å²) >= 11 is 0. The van der Waals surface area contributed by atoms with Gasteiger partial charge in [0.2, 0.25) is 0 Å². The van der Waals surface area contributed by atoms with Gasteiger partial charge >= 0.3 is 0 Å². The molecule has 0 aliphatic heterocycles. The first-order valence-corrected chi connectivity index (χ1v) is 17.9. The van der Waals surface area contributed by atoms with E-state index in [2.05, 4.69) is 109 Å². The van der Waals surface area contributed by atoms with Gasteiger partial charge in [0, 0.05) is 38.6 Å². The van der Waals surface area contributed by atoms with E-state index in [0.717, 1.165) is 74.5 Å². The highest BCUT2D eigenvalue weighted by molar-refractivity contribution is 6.10.